The second kappa shape index (κ2) is 8.80. The summed E-state index contributed by atoms with van der Waals surface area (Å²) in [7, 11) is 1.67. The predicted octanol–water partition coefficient (Wildman–Crippen LogP) is 4.73. The molecule has 1 saturated carbocycles. The lowest BCUT2D eigenvalue weighted by Crippen LogP contribution is -2.40. The van der Waals surface area contributed by atoms with Crippen molar-refractivity contribution in [2.24, 2.45) is 0 Å². The molecule has 2 N–H and O–H groups in total. The van der Waals surface area contributed by atoms with Crippen LogP contribution in [0.3, 0.4) is 0 Å². The lowest BCUT2D eigenvalue weighted by atomic mass is 9.79. The van der Waals surface area contributed by atoms with Gasteiger partial charge in [-0.3, -0.25) is 0 Å². The van der Waals surface area contributed by atoms with Crippen LogP contribution in [-0.2, 0) is 5.41 Å². The lowest BCUT2D eigenvalue weighted by molar-refractivity contribution is 0.248. The van der Waals surface area contributed by atoms with Crippen LogP contribution in [0.15, 0.2) is 48.5 Å². The van der Waals surface area contributed by atoms with Crippen LogP contribution in [0.4, 0.5) is 10.5 Å². The number of methoxy groups -OCH3 is 1. The van der Waals surface area contributed by atoms with E-state index < -0.39 is 0 Å². The van der Waals surface area contributed by atoms with Crippen molar-refractivity contribution in [2.45, 2.75) is 38.0 Å². The van der Waals surface area contributed by atoms with Crippen LogP contribution in [-0.4, -0.2) is 26.3 Å². The number of hydrogen-bond acceptors (Lipinski definition) is 3. The molecular formula is C22H28N2O3. The van der Waals surface area contributed by atoms with Gasteiger partial charge in [-0.25, -0.2) is 4.79 Å². The Morgan fingerprint density at radius 2 is 1.63 bits per heavy atom. The maximum atomic E-state index is 12.4. The van der Waals surface area contributed by atoms with Crippen molar-refractivity contribution < 1.29 is 14.3 Å². The van der Waals surface area contributed by atoms with Gasteiger partial charge >= 0.3 is 6.03 Å². The summed E-state index contributed by atoms with van der Waals surface area (Å²) in [6.45, 7) is 3.20. The Labute approximate surface area is 161 Å². The van der Waals surface area contributed by atoms with Gasteiger partial charge in [0, 0.05) is 17.6 Å². The average Bonchev–Trinajstić information content (AvgIpc) is 3.18. The van der Waals surface area contributed by atoms with Gasteiger partial charge in [0.25, 0.3) is 0 Å². The number of ether oxygens (including phenoxy) is 2. The third-order valence-electron chi connectivity index (χ3n) is 5.27. The monoisotopic (exact) mass is 368 g/mol. The third kappa shape index (κ3) is 4.73. The molecule has 5 nitrogen and oxygen atoms in total. The summed E-state index contributed by atoms with van der Waals surface area (Å²) >= 11 is 0. The Hall–Kier alpha value is -2.69. The van der Waals surface area contributed by atoms with E-state index in [1.807, 2.05) is 43.3 Å². The first kappa shape index (κ1) is 19.1. The normalized spacial score (nSPS) is 15.2. The number of amides is 2. The molecule has 0 atom stereocenters. The highest BCUT2D eigenvalue weighted by atomic mass is 16.5. The molecule has 144 valence electrons. The molecule has 2 amide bonds. The Balaban J connectivity index is 1.61. The molecule has 1 fully saturated rings. The highest BCUT2D eigenvalue weighted by molar-refractivity contribution is 5.89. The summed E-state index contributed by atoms with van der Waals surface area (Å²) in [6, 6.07) is 15.5. The maximum absolute atomic E-state index is 12.4. The van der Waals surface area contributed by atoms with Gasteiger partial charge in [-0.15, -0.1) is 0 Å². The van der Waals surface area contributed by atoms with Gasteiger partial charge in [0.05, 0.1) is 13.7 Å². The van der Waals surface area contributed by atoms with Gasteiger partial charge in [-0.1, -0.05) is 25.0 Å². The fraction of sp³-hybridized carbons (Fsp3) is 0.409. The molecule has 3 rings (SSSR count). The van der Waals surface area contributed by atoms with Crippen LogP contribution >= 0.6 is 0 Å². The van der Waals surface area contributed by atoms with Crippen molar-refractivity contribution in [3.8, 4) is 11.5 Å². The minimum atomic E-state index is -0.182. The molecule has 1 aliphatic carbocycles. The molecule has 27 heavy (non-hydrogen) atoms. The van der Waals surface area contributed by atoms with Crippen LogP contribution in [0.5, 0.6) is 11.5 Å². The maximum Gasteiger partial charge on any atom is 0.319 e. The summed E-state index contributed by atoms with van der Waals surface area (Å²) in [4.78, 5) is 12.4. The van der Waals surface area contributed by atoms with Gasteiger partial charge in [0.15, 0.2) is 0 Å². The van der Waals surface area contributed by atoms with Crippen LogP contribution in [0, 0.1) is 0 Å². The first-order chi connectivity index (χ1) is 13.1. The molecular weight excluding hydrogens is 340 g/mol. The minimum Gasteiger partial charge on any atom is -0.497 e. The van der Waals surface area contributed by atoms with Gasteiger partial charge < -0.3 is 20.1 Å². The highest BCUT2D eigenvalue weighted by Crippen LogP contribution is 2.41. The number of nitrogens with one attached hydrogen (secondary N) is 2. The number of carbonyl (C=O) groups excluding carboxylic acids is 1. The van der Waals surface area contributed by atoms with Crippen molar-refractivity contribution in [3.05, 3.63) is 54.1 Å². The van der Waals surface area contributed by atoms with E-state index in [9.17, 15) is 4.79 Å². The van der Waals surface area contributed by atoms with Crippen molar-refractivity contribution >= 4 is 11.7 Å². The van der Waals surface area contributed by atoms with Crippen LogP contribution < -0.4 is 20.1 Å². The van der Waals surface area contributed by atoms with Crippen LogP contribution in [0.2, 0.25) is 0 Å². The summed E-state index contributed by atoms with van der Waals surface area (Å²) in [6.07, 6.45) is 4.55. The smallest absolute Gasteiger partial charge is 0.319 e. The quantitative estimate of drug-likeness (QED) is 0.743. The second-order valence-corrected chi connectivity index (χ2v) is 6.98. The van der Waals surface area contributed by atoms with Gasteiger partial charge in [0.2, 0.25) is 0 Å². The van der Waals surface area contributed by atoms with E-state index in [1.165, 1.54) is 18.4 Å². The Bertz CT molecular complexity index is 735. The molecule has 0 unspecified atom stereocenters. The van der Waals surface area contributed by atoms with E-state index in [-0.39, 0.29) is 11.4 Å². The molecule has 0 saturated heterocycles. The fourth-order valence-corrected chi connectivity index (χ4v) is 3.79. The lowest BCUT2D eigenvalue weighted by Gasteiger charge is -2.30. The molecule has 1 aliphatic rings. The Morgan fingerprint density at radius 1 is 1.00 bits per heavy atom. The average molecular weight is 368 g/mol. The molecule has 5 heteroatoms. The predicted molar refractivity (Wildman–Crippen MR) is 108 cm³/mol. The van der Waals surface area contributed by atoms with E-state index in [0.717, 1.165) is 30.0 Å². The highest BCUT2D eigenvalue weighted by Gasteiger charge is 2.35. The van der Waals surface area contributed by atoms with E-state index >= 15 is 0 Å². The Kier molecular flexibility index (Phi) is 6.22. The van der Waals surface area contributed by atoms with Gasteiger partial charge in [-0.2, -0.15) is 0 Å². The largest absolute Gasteiger partial charge is 0.497 e. The Morgan fingerprint density at radius 3 is 2.22 bits per heavy atom. The zero-order chi connectivity index (χ0) is 19.1. The van der Waals surface area contributed by atoms with Crippen molar-refractivity contribution in [3.63, 3.8) is 0 Å². The third-order valence-corrected chi connectivity index (χ3v) is 5.27. The van der Waals surface area contributed by atoms with E-state index in [4.69, 9.17) is 9.47 Å². The van der Waals surface area contributed by atoms with Crippen LogP contribution in [0.25, 0.3) is 0 Å². The number of anilines is 1. The molecule has 2 aromatic rings. The molecule has 0 bridgehead atoms. The first-order valence-electron chi connectivity index (χ1n) is 9.57. The fourth-order valence-electron chi connectivity index (χ4n) is 3.79. The molecule has 0 radical (unpaired) electrons. The summed E-state index contributed by atoms with van der Waals surface area (Å²) < 4.78 is 10.7. The summed E-state index contributed by atoms with van der Waals surface area (Å²) in [5.41, 5.74) is 2.02. The molecule has 0 spiro atoms. The number of urea groups is 1. The number of benzene rings is 2. The van der Waals surface area contributed by atoms with Crippen molar-refractivity contribution in [2.75, 3.05) is 25.6 Å². The van der Waals surface area contributed by atoms with E-state index in [1.54, 1.807) is 7.11 Å². The first-order valence-corrected chi connectivity index (χ1v) is 9.57. The molecule has 0 aromatic heterocycles. The molecule has 0 aliphatic heterocycles. The zero-order valence-electron chi connectivity index (χ0n) is 16.1. The minimum absolute atomic E-state index is 0.00242. The summed E-state index contributed by atoms with van der Waals surface area (Å²) in [5, 5.41) is 5.96. The van der Waals surface area contributed by atoms with Crippen molar-refractivity contribution in [1.82, 2.24) is 5.32 Å². The van der Waals surface area contributed by atoms with E-state index in [2.05, 4.69) is 22.8 Å². The summed E-state index contributed by atoms with van der Waals surface area (Å²) in [5.74, 6) is 1.65. The second-order valence-electron chi connectivity index (χ2n) is 6.98. The number of carbonyl (C=O) groups is 1. The van der Waals surface area contributed by atoms with E-state index in [0.29, 0.717) is 13.2 Å². The standard InChI is InChI=1S/C22H28N2O3/c1-3-27-20-12-8-18(9-13-20)24-21(25)23-16-22(14-4-5-15-22)17-6-10-19(26-2)11-7-17/h6-13H,3-5,14-16H2,1-2H3,(H2,23,24,25). The topological polar surface area (TPSA) is 59.6 Å². The molecule has 0 heterocycles. The van der Waals surface area contributed by atoms with Gasteiger partial charge in [-0.05, 0) is 61.7 Å². The van der Waals surface area contributed by atoms with Crippen LogP contribution in [0.1, 0.15) is 38.2 Å². The zero-order valence-corrected chi connectivity index (χ0v) is 16.1. The number of hydrogen-bond donors (Lipinski definition) is 2. The van der Waals surface area contributed by atoms with Gasteiger partial charge in [0.1, 0.15) is 11.5 Å². The number of rotatable bonds is 7. The SMILES string of the molecule is CCOc1ccc(NC(=O)NCC2(c3ccc(OC)cc3)CCCC2)cc1. The molecule has 2 aromatic carbocycles. The van der Waals surface area contributed by atoms with Crippen molar-refractivity contribution in [1.29, 1.82) is 0 Å².